The zero-order chi connectivity index (χ0) is 37.2. The number of hydrogen-bond acceptors (Lipinski definition) is 9. The number of aromatic nitrogens is 3. The van der Waals surface area contributed by atoms with E-state index < -0.39 is 69.9 Å². The summed E-state index contributed by atoms with van der Waals surface area (Å²) in [6, 6.07) is 10.3. The molecule has 3 fully saturated rings. The summed E-state index contributed by atoms with van der Waals surface area (Å²) in [4.78, 5) is 69.8. The molecule has 278 valence electrons. The zero-order valence-electron chi connectivity index (χ0n) is 29.6. The Morgan fingerprint density at radius 1 is 1.06 bits per heavy atom. The number of ketones is 1. The smallest absolute Gasteiger partial charge is 0.287 e. The number of primary amides is 1. The minimum atomic E-state index is -1.67. The maximum absolute atomic E-state index is 14.8. The first kappa shape index (κ1) is 37.4. The molecule has 0 radical (unpaired) electrons. The molecule has 1 saturated carbocycles. The van der Waals surface area contributed by atoms with E-state index in [1.54, 1.807) is 26.0 Å². The van der Waals surface area contributed by atoms with Crippen molar-refractivity contribution in [2.75, 3.05) is 18.1 Å². The Morgan fingerprint density at radius 3 is 2.42 bits per heavy atom. The highest BCUT2D eigenvalue weighted by atomic mass is 32.2. The van der Waals surface area contributed by atoms with E-state index in [-0.39, 0.29) is 43.2 Å². The van der Waals surface area contributed by atoms with Crippen LogP contribution < -0.4 is 16.4 Å². The van der Waals surface area contributed by atoms with E-state index in [1.165, 1.54) is 15.8 Å². The van der Waals surface area contributed by atoms with E-state index in [0.717, 1.165) is 42.9 Å². The number of likely N-dealkylation sites (tertiary alicyclic amines) is 1. The number of carbonyl (C=O) groups is 5. The third kappa shape index (κ3) is 8.01. The van der Waals surface area contributed by atoms with Crippen LogP contribution in [0, 0.1) is 5.92 Å². The maximum Gasteiger partial charge on any atom is 0.287 e. The number of nitrogens with one attached hydrogen (secondary N) is 2. The number of amides is 4. The lowest BCUT2D eigenvalue weighted by Crippen LogP contribution is -2.64. The van der Waals surface area contributed by atoms with Crippen LogP contribution in [0.2, 0.25) is 0 Å². The van der Waals surface area contributed by atoms with E-state index in [4.69, 9.17) is 5.73 Å². The van der Waals surface area contributed by atoms with Gasteiger partial charge in [0, 0.05) is 31.4 Å². The van der Waals surface area contributed by atoms with Gasteiger partial charge in [-0.1, -0.05) is 78.8 Å². The van der Waals surface area contributed by atoms with Crippen LogP contribution >= 0.6 is 0 Å². The minimum Gasteiger partial charge on any atom is -0.616 e. The number of hydrogen-bond donors (Lipinski definition) is 4. The highest BCUT2D eigenvalue weighted by Gasteiger charge is 2.51. The normalized spacial score (nSPS) is 24.7. The fourth-order valence-corrected chi connectivity index (χ4v) is 9.31. The molecule has 5 N–H and O–H groups in total. The fourth-order valence-electron chi connectivity index (χ4n) is 7.95. The van der Waals surface area contributed by atoms with Gasteiger partial charge in [0.2, 0.25) is 17.6 Å². The van der Waals surface area contributed by atoms with Gasteiger partial charge in [-0.05, 0) is 49.1 Å². The van der Waals surface area contributed by atoms with Crippen LogP contribution in [0.15, 0.2) is 48.7 Å². The van der Waals surface area contributed by atoms with Crippen LogP contribution in [0.1, 0.15) is 93.7 Å². The number of benzene rings is 2. The number of carbonyl (C=O) groups excluding carboxylic acids is 5. The van der Waals surface area contributed by atoms with Crippen LogP contribution in [0.5, 0.6) is 0 Å². The van der Waals surface area contributed by atoms with Gasteiger partial charge in [0.25, 0.3) is 11.8 Å². The van der Waals surface area contributed by atoms with Gasteiger partial charge in [0.15, 0.2) is 0 Å². The summed E-state index contributed by atoms with van der Waals surface area (Å²) in [7, 11) is 0. The van der Waals surface area contributed by atoms with Crippen molar-refractivity contribution in [3.8, 4) is 0 Å². The van der Waals surface area contributed by atoms with Crippen LogP contribution in [-0.4, -0.2) is 94.6 Å². The third-order valence-corrected chi connectivity index (χ3v) is 12.2. The van der Waals surface area contributed by atoms with Crippen molar-refractivity contribution in [2.24, 2.45) is 11.7 Å². The number of fused-ring (bicyclic) bond motifs is 1. The molecule has 2 aliphatic heterocycles. The molecule has 1 aromatic heterocycles. The SMILES string of the molecule is CC(C)(O)c1cnnn1[C@H]1C[C@@H](C(=O)NC2(C(=O)C(N)=O)CC[S+]([O-])CC2)N(C(=O)C(CC2CCCCC2)NC(=O)c2ccc3ccccc3c2)C1. The average Bonchev–Trinajstić information content (AvgIpc) is 3.81. The number of Topliss-reactive ketones (excluding diaryl/α,β-unsaturated/α-hetero) is 1. The molecule has 3 heterocycles. The number of rotatable bonds is 11. The highest BCUT2D eigenvalue weighted by molar-refractivity contribution is 7.91. The molecule has 14 nitrogen and oxygen atoms in total. The van der Waals surface area contributed by atoms with Crippen LogP contribution in [-0.2, 0) is 36.0 Å². The van der Waals surface area contributed by atoms with Gasteiger partial charge in [-0.2, -0.15) is 0 Å². The lowest BCUT2D eigenvalue weighted by Gasteiger charge is -2.38. The molecule has 15 heteroatoms. The van der Waals surface area contributed by atoms with Gasteiger partial charge in [-0.25, -0.2) is 4.68 Å². The highest BCUT2D eigenvalue weighted by Crippen LogP contribution is 2.35. The van der Waals surface area contributed by atoms with E-state index in [9.17, 15) is 33.6 Å². The molecular formula is C37H47N7O7S. The molecule has 6 rings (SSSR count). The van der Waals surface area contributed by atoms with Crippen molar-refractivity contribution < 1.29 is 33.6 Å². The number of nitrogens with zero attached hydrogens (tertiary/aromatic N) is 4. The Morgan fingerprint density at radius 2 is 1.75 bits per heavy atom. The second kappa shape index (κ2) is 15.3. The largest absolute Gasteiger partial charge is 0.616 e. The quantitative estimate of drug-likeness (QED) is 0.167. The molecule has 1 aliphatic carbocycles. The minimum absolute atomic E-state index is 0.00282. The molecule has 4 amide bonds. The Labute approximate surface area is 305 Å². The summed E-state index contributed by atoms with van der Waals surface area (Å²) in [5.74, 6) is -3.40. The van der Waals surface area contributed by atoms with Crippen LogP contribution in [0.25, 0.3) is 10.8 Å². The van der Waals surface area contributed by atoms with Crippen LogP contribution in [0.4, 0.5) is 0 Å². The van der Waals surface area contributed by atoms with E-state index in [2.05, 4.69) is 20.9 Å². The molecule has 3 aliphatic rings. The lowest BCUT2D eigenvalue weighted by atomic mass is 9.84. The van der Waals surface area contributed by atoms with Crippen molar-refractivity contribution in [3.05, 3.63) is 59.9 Å². The third-order valence-electron chi connectivity index (χ3n) is 10.9. The first-order chi connectivity index (χ1) is 24.8. The zero-order valence-corrected chi connectivity index (χ0v) is 30.4. The number of nitrogens with two attached hydrogens (primary N) is 1. The predicted octanol–water partition coefficient (Wildman–Crippen LogP) is 2.02. The van der Waals surface area contributed by atoms with Crippen LogP contribution in [0.3, 0.4) is 0 Å². The average molecular weight is 734 g/mol. The van der Waals surface area contributed by atoms with Crippen molar-refractivity contribution in [1.82, 2.24) is 30.5 Å². The van der Waals surface area contributed by atoms with E-state index in [0.29, 0.717) is 17.7 Å². The molecule has 3 aromatic rings. The van der Waals surface area contributed by atoms with Gasteiger partial charge in [0.05, 0.1) is 17.9 Å². The van der Waals surface area contributed by atoms with Gasteiger partial charge >= 0.3 is 0 Å². The Balaban J connectivity index is 1.33. The van der Waals surface area contributed by atoms with E-state index >= 15 is 0 Å². The molecule has 0 bridgehead atoms. The summed E-state index contributed by atoms with van der Waals surface area (Å²) in [6.45, 7) is 3.16. The van der Waals surface area contributed by atoms with Gasteiger partial charge in [-0.3, -0.25) is 24.0 Å². The molecule has 1 unspecified atom stereocenters. The summed E-state index contributed by atoms with van der Waals surface area (Å²) in [5, 5.41) is 26.7. The Kier molecular flexibility index (Phi) is 11.0. The van der Waals surface area contributed by atoms with Crippen molar-refractivity contribution in [3.63, 3.8) is 0 Å². The first-order valence-electron chi connectivity index (χ1n) is 18.0. The van der Waals surface area contributed by atoms with Crippen molar-refractivity contribution >= 4 is 51.4 Å². The summed E-state index contributed by atoms with van der Waals surface area (Å²) in [5.41, 5.74) is 3.19. The molecule has 2 saturated heterocycles. The summed E-state index contributed by atoms with van der Waals surface area (Å²) < 4.78 is 13.8. The fraction of sp³-hybridized carbons (Fsp3) is 0.541. The second-order valence-corrected chi connectivity index (χ2v) is 16.7. The van der Waals surface area contributed by atoms with Gasteiger partial charge in [0.1, 0.15) is 34.7 Å². The van der Waals surface area contributed by atoms with Crippen molar-refractivity contribution in [1.29, 1.82) is 0 Å². The molecular weight excluding hydrogens is 687 g/mol. The molecule has 3 atom stereocenters. The maximum atomic E-state index is 14.8. The summed E-state index contributed by atoms with van der Waals surface area (Å²) in [6.07, 6.45) is 6.73. The second-order valence-electron chi connectivity index (χ2n) is 15.0. The molecule has 0 spiro atoms. The van der Waals surface area contributed by atoms with E-state index in [1.807, 2.05) is 30.3 Å². The standard InChI is InChI=1S/C37H47N7O7S/c1-36(2,50)30-21-39-42-44(30)27-20-29(34(48)41-37(31(45)32(38)46)14-16-52(51)17-15-37)43(22-27)35(49)28(18-23-8-4-3-5-9-23)40-33(47)26-13-12-24-10-6-7-11-25(24)19-26/h6-7,10-13,19,21,23,27-29,50H,3-5,8-9,14-18,20,22H2,1-2H3,(H2,38,46)(H,40,47)(H,41,48)/t27-,28?,29-,37?,52?/m0/s1. The molecule has 2 aromatic carbocycles. The Bertz CT molecular complexity index is 1830. The predicted molar refractivity (Wildman–Crippen MR) is 193 cm³/mol. The lowest BCUT2D eigenvalue weighted by molar-refractivity contribution is -0.145. The van der Waals surface area contributed by atoms with Gasteiger partial charge < -0.3 is 30.9 Å². The topological polar surface area (TPSA) is 213 Å². The number of aliphatic hydroxyl groups is 1. The Hall–Kier alpha value is -4.34. The first-order valence-corrected chi connectivity index (χ1v) is 19.5. The summed E-state index contributed by atoms with van der Waals surface area (Å²) >= 11 is -1.23. The molecule has 52 heavy (non-hydrogen) atoms. The van der Waals surface area contributed by atoms with Gasteiger partial charge in [-0.15, -0.1) is 5.10 Å². The monoisotopic (exact) mass is 733 g/mol. The van der Waals surface area contributed by atoms with Crippen molar-refractivity contribution in [2.45, 2.75) is 101 Å².